The molecule has 2 aromatic rings. The van der Waals surface area contributed by atoms with E-state index in [0.29, 0.717) is 29.9 Å². The second-order valence-electron chi connectivity index (χ2n) is 7.01. The summed E-state index contributed by atoms with van der Waals surface area (Å²) in [6, 6.07) is 4.92. The number of aliphatic imine (C=N–C) groups is 1. The molecule has 1 fully saturated rings. The Balaban J connectivity index is 0.00000280. The number of hydrogen-bond donors (Lipinski definition) is 1. The second kappa shape index (κ2) is 11.0. The van der Waals surface area contributed by atoms with Gasteiger partial charge in [-0.15, -0.1) is 24.0 Å². The predicted molar refractivity (Wildman–Crippen MR) is 123 cm³/mol. The molecule has 3 rings (SSSR count). The first-order chi connectivity index (χ1) is 13.1. The van der Waals surface area contributed by atoms with Gasteiger partial charge in [0, 0.05) is 43.6 Å². The van der Waals surface area contributed by atoms with Crippen LogP contribution in [0.15, 0.2) is 41.9 Å². The van der Waals surface area contributed by atoms with E-state index in [1.165, 1.54) is 12.1 Å². The van der Waals surface area contributed by atoms with Crippen molar-refractivity contribution < 1.29 is 4.39 Å². The molecular weight excluding hydrogens is 492 g/mol. The molecule has 28 heavy (non-hydrogen) atoms. The minimum Gasteiger partial charge on any atom is -0.357 e. The van der Waals surface area contributed by atoms with Crippen molar-refractivity contribution >= 4 is 41.5 Å². The zero-order valence-electron chi connectivity index (χ0n) is 16.3. The van der Waals surface area contributed by atoms with Gasteiger partial charge in [-0.25, -0.2) is 9.37 Å². The van der Waals surface area contributed by atoms with Gasteiger partial charge in [0.2, 0.25) is 0 Å². The normalized spacial score (nSPS) is 20.0. The molecule has 2 heterocycles. The summed E-state index contributed by atoms with van der Waals surface area (Å²) < 4.78 is 15.4. The third kappa shape index (κ3) is 5.83. The van der Waals surface area contributed by atoms with Crippen molar-refractivity contribution in [2.24, 2.45) is 10.9 Å². The van der Waals surface area contributed by atoms with Gasteiger partial charge in [0.15, 0.2) is 5.96 Å². The van der Waals surface area contributed by atoms with Crippen LogP contribution in [0.5, 0.6) is 0 Å². The lowest BCUT2D eigenvalue weighted by molar-refractivity contribution is 0.189. The molecule has 8 heteroatoms. The van der Waals surface area contributed by atoms with E-state index in [1.54, 1.807) is 6.07 Å². The van der Waals surface area contributed by atoms with Crippen LogP contribution in [-0.4, -0.2) is 46.6 Å². The van der Waals surface area contributed by atoms with Crippen LogP contribution in [0.3, 0.4) is 0 Å². The summed E-state index contributed by atoms with van der Waals surface area (Å²) in [5, 5.41) is 3.86. The minimum atomic E-state index is -0.312. The van der Waals surface area contributed by atoms with Crippen LogP contribution in [0.1, 0.15) is 31.9 Å². The number of nitrogens with one attached hydrogen (secondary N) is 1. The molecule has 0 amide bonds. The SMILES string of the molecule is CCNC(=NCCc1ccc(F)cc1Cl)N1CCC(C)C(n2ccnc2)C1.I. The van der Waals surface area contributed by atoms with Crippen LogP contribution in [0.25, 0.3) is 0 Å². The number of guanidine groups is 1. The van der Waals surface area contributed by atoms with Gasteiger partial charge in [-0.1, -0.05) is 24.6 Å². The first-order valence-corrected chi connectivity index (χ1v) is 9.91. The Morgan fingerprint density at radius 1 is 1.43 bits per heavy atom. The summed E-state index contributed by atoms with van der Waals surface area (Å²) in [7, 11) is 0. The fourth-order valence-corrected chi connectivity index (χ4v) is 3.79. The van der Waals surface area contributed by atoms with Crippen LogP contribution >= 0.6 is 35.6 Å². The molecule has 5 nitrogen and oxygen atoms in total. The Hall–Kier alpha value is -1.35. The largest absolute Gasteiger partial charge is 0.357 e. The third-order valence-corrected chi connectivity index (χ3v) is 5.47. The van der Waals surface area contributed by atoms with E-state index in [-0.39, 0.29) is 29.8 Å². The maximum absolute atomic E-state index is 13.2. The Kier molecular flexibility index (Phi) is 9.01. The number of hydrogen-bond acceptors (Lipinski definition) is 2. The molecule has 1 aliphatic heterocycles. The van der Waals surface area contributed by atoms with Crippen LogP contribution < -0.4 is 5.32 Å². The molecule has 1 aromatic heterocycles. The van der Waals surface area contributed by atoms with Gasteiger partial charge in [-0.05, 0) is 43.4 Å². The molecule has 0 spiro atoms. The molecule has 0 radical (unpaired) electrons. The maximum atomic E-state index is 13.2. The van der Waals surface area contributed by atoms with Crippen molar-refractivity contribution in [1.29, 1.82) is 0 Å². The van der Waals surface area contributed by atoms with Crippen molar-refractivity contribution in [3.8, 4) is 0 Å². The van der Waals surface area contributed by atoms with Gasteiger partial charge in [0.05, 0.1) is 12.4 Å². The Morgan fingerprint density at radius 2 is 2.25 bits per heavy atom. The standard InChI is InChI=1S/C20H27ClFN5.HI/c1-3-24-20(25-8-6-16-4-5-17(22)12-18(16)21)26-10-7-15(2)19(13-26)27-11-9-23-14-27;/h4-5,9,11-12,14-15,19H,3,6-8,10,13H2,1-2H3,(H,24,25);1H. The number of aromatic nitrogens is 2. The van der Waals surface area contributed by atoms with Gasteiger partial charge in [-0.3, -0.25) is 4.99 Å². The number of halogens is 3. The van der Waals surface area contributed by atoms with E-state index in [4.69, 9.17) is 16.6 Å². The highest BCUT2D eigenvalue weighted by atomic mass is 127. The first-order valence-electron chi connectivity index (χ1n) is 9.53. The summed E-state index contributed by atoms with van der Waals surface area (Å²) in [6.45, 7) is 7.68. The number of likely N-dealkylation sites (tertiary alicyclic amines) is 1. The van der Waals surface area contributed by atoms with Crippen LogP contribution in [0.4, 0.5) is 4.39 Å². The number of piperidine rings is 1. The van der Waals surface area contributed by atoms with Crippen LogP contribution in [0, 0.1) is 11.7 Å². The topological polar surface area (TPSA) is 45.5 Å². The lowest BCUT2D eigenvalue weighted by atomic mass is 9.93. The highest BCUT2D eigenvalue weighted by Gasteiger charge is 2.28. The molecule has 0 aliphatic carbocycles. The lowest BCUT2D eigenvalue weighted by Crippen LogP contribution is -2.49. The quantitative estimate of drug-likeness (QED) is 0.362. The van der Waals surface area contributed by atoms with Crippen molar-refractivity contribution in [3.05, 3.63) is 53.3 Å². The Morgan fingerprint density at radius 3 is 2.93 bits per heavy atom. The molecule has 1 saturated heterocycles. The van der Waals surface area contributed by atoms with E-state index in [1.807, 2.05) is 18.7 Å². The Labute approximate surface area is 188 Å². The van der Waals surface area contributed by atoms with E-state index < -0.39 is 0 Å². The second-order valence-corrected chi connectivity index (χ2v) is 7.42. The van der Waals surface area contributed by atoms with Gasteiger partial charge in [-0.2, -0.15) is 0 Å². The van der Waals surface area contributed by atoms with Crippen LogP contribution in [-0.2, 0) is 6.42 Å². The molecule has 0 saturated carbocycles. The summed E-state index contributed by atoms with van der Waals surface area (Å²) in [5.74, 6) is 1.21. The summed E-state index contributed by atoms with van der Waals surface area (Å²) in [4.78, 5) is 11.3. The first kappa shape index (κ1) is 22.9. The summed E-state index contributed by atoms with van der Waals surface area (Å²) in [5.41, 5.74) is 0.918. The molecule has 0 bridgehead atoms. The number of nitrogens with zero attached hydrogens (tertiary/aromatic N) is 4. The third-order valence-electron chi connectivity index (χ3n) is 5.12. The molecule has 2 atom stereocenters. The maximum Gasteiger partial charge on any atom is 0.193 e. The number of imidazole rings is 1. The fraction of sp³-hybridized carbons (Fsp3) is 0.500. The minimum absolute atomic E-state index is 0. The highest BCUT2D eigenvalue weighted by molar-refractivity contribution is 14.0. The smallest absolute Gasteiger partial charge is 0.193 e. The van der Waals surface area contributed by atoms with Gasteiger partial charge in [0.1, 0.15) is 5.82 Å². The molecule has 154 valence electrons. The van der Waals surface area contributed by atoms with E-state index >= 15 is 0 Å². The molecule has 1 aliphatic rings. The summed E-state index contributed by atoms with van der Waals surface area (Å²) in [6.07, 6.45) is 7.55. The molecule has 2 unspecified atom stereocenters. The monoisotopic (exact) mass is 519 g/mol. The van der Waals surface area contributed by atoms with Crippen LogP contribution in [0.2, 0.25) is 5.02 Å². The average molecular weight is 520 g/mol. The average Bonchev–Trinajstić information content (AvgIpc) is 3.18. The van der Waals surface area contributed by atoms with Crippen molar-refractivity contribution in [2.75, 3.05) is 26.2 Å². The van der Waals surface area contributed by atoms with Crippen molar-refractivity contribution in [1.82, 2.24) is 19.8 Å². The fourth-order valence-electron chi connectivity index (χ4n) is 3.53. The predicted octanol–water partition coefficient (Wildman–Crippen LogP) is 4.38. The van der Waals surface area contributed by atoms with E-state index in [0.717, 1.165) is 37.6 Å². The van der Waals surface area contributed by atoms with Gasteiger partial charge >= 0.3 is 0 Å². The van der Waals surface area contributed by atoms with Crippen molar-refractivity contribution in [3.63, 3.8) is 0 Å². The zero-order valence-corrected chi connectivity index (χ0v) is 19.4. The lowest BCUT2D eigenvalue weighted by Gasteiger charge is -2.39. The highest BCUT2D eigenvalue weighted by Crippen LogP contribution is 2.27. The molecule has 1 N–H and O–H groups in total. The molecular formula is C20H28ClFIN5. The summed E-state index contributed by atoms with van der Waals surface area (Å²) >= 11 is 6.12. The van der Waals surface area contributed by atoms with E-state index in [9.17, 15) is 4.39 Å². The number of rotatable bonds is 5. The zero-order chi connectivity index (χ0) is 19.2. The Bertz CT molecular complexity index is 768. The molecule has 1 aromatic carbocycles. The van der Waals surface area contributed by atoms with Crippen molar-refractivity contribution in [2.45, 2.75) is 32.7 Å². The van der Waals surface area contributed by atoms with Gasteiger partial charge < -0.3 is 14.8 Å². The van der Waals surface area contributed by atoms with E-state index in [2.05, 4.69) is 33.6 Å². The number of benzene rings is 1. The van der Waals surface area contributed by atoms with Gasteiger partial charge in [0.25, 0.3) is 0 Å².